The molecule has 1 N–H and O–H groups in total. The van der Waals surface area contributed by atoms with Crippen LogP contribution in [0.1, 0.15) is 34.6 Å². The van der Waals surface area contributed by atoms with Gasteiger partial charge in [-0.1, -0.05) is 30.3 Å². The Balaban J connectivity index is 2.08. The van der Waals surface area contributed by atoms with Crippen LogP contribution in [0.15, 0.2) is 47.1 Å². The van der Waals surface area contributed by atoms with E-state index in [1.807, 2.05) is 37.3 Å². The minimum absolute atomic E-state index is 0.0157. The Hall–Kier alpha value is -2.03. The van der Waals surface area contributed by atoms with Crippen LogP contribution in [-0.2, 0) is 0 Å². The number of hydrogen-bond donors (Lipinski definition) is 1. The molecule has 0 aliphatic rings. The Morgan fingerprint density at radius 3 is 2.53 bits per heavy atom. The first-order chi connectivity index (χ1) is 8.18. The molecule has 1 aromatic heterocycles. The Morgan fingerprint density at radius 2 is 1.94 bits per heavy atom. The van der Waals surface area contributed by atoms with Gasteiger partial charge in [0.2, 0.25) is 0 Å². The van der Waals surface area contributed by atoms with E-state index in [4.69, 9.17) is 4.42 Å². The summed E-state index contributed by atoms with van der Waals surface area (Å²) in [7, 11) is 0. The zero-order valence-corrected chi connectivity index (χ0v) is 9.94. The maximum atomic E-state index is 11.9. The first kappa shape index (κ1) is 11.5. The van der Waals surface area contributed by atoms with Gasteiger partial charge in [0, 0.05) is 0 Å². The van der Waals surface area contributed by atoms with E-state index >= 15 is 0 Å². The molecule has 0 unspecified atom stereocenters. The largest absolute Gasteiger partial charge is 0.469 e. The fourth-order valence-electron chi connectivity index (χ4n) is 1.72. The molecule has 3 nitrogen and oxygen atoms in total. The van der Waals surface area contributed by atoms with Crippen molar-refractivity contribution >= 4 is 5.91 Å². The number of carbonyl (C=O) groups is 1. The maximum absolute atomic E-state index is 11.9. The smallest absolute Gasteiger partial charge is 0.255 e. The highest BCUT2D eigenvalue weighted by Gasteiger charge is 2.14. The number of furan rings is 1. The molecule has 2 aromatic rings. The molecule has 0 saturated heterocycles. The summed E-state index contributed by atoms with van der Waals surface area (Å²) in [5.41, 5.74) is 1.68. The first-order valence-electron chi connectivity index (χ1n) is 5.58. The summed E-state index contributed by atoms with van der Waals surface area (Å²) in [6, 6.07) is 11.5. The summed E-state index contributed by atoms with van der Waals surface area (Å²) in [6.45, 7) is 3.74. The van der Waals surface area contributed by atoms with E-state index in [1.165, 1.54) is 6.26 Å². The highest BCUT2D eigenvalue weighted by Crippen LogP contribution is 2.14. The van der Waals surface area contributed by atoms with Gasteiger partial charge in [-0.25, -0.2) is 0 Å². The minimum atomic E-state index is -0.104. The van der Waals surface area contributed by atoms with Gasteiger partial charge in [0.25, 0.3) is 5.91 Å². The Morgan fingerprint density at radius 1 is 1.24 bits per heavy atom. The van der Waals surface area contributed by atoms with Gasteiger partial charge < -0.3 is 9.73 Å². The fraction of sp³-hybridized carbons (Fsp3) is 0.214. The van der Waals surface area contributed by atoms with Crippen molar-refractivity contribution in [1.82, 2.24) is 5.32 Å². The quantitative estimate of drug-likeness (QED) is 0.878. The molecule has 0 radical (unpaired) electrons. The summed E-state index contributed by atoms with van der Waals surface area (Å²) in [4.78, 5) is 11.9. The Kier molecular flexibility index (Phi) is 3.28. The Labute approximate surface area is 100 Å². The second-order valence-electron chi connectivity index (χ2n) is 4.00. The minimum Gasteiger partial charge on any atom is -0.469 e. The second-order valence-corrected chi connectivity index (χ2v) is 4.00. The van der Waals surface area contributed by atoms with E-state index in [0.717, 1.165) is 5.56 Å². The van der Waals surface area contributed by atoms with Crippen LogP contribution in [0.2, 0.25) is 0 Å². The number of rotatable bonds is 3. The lowest BCUT2D eigenvalue weighted by atomic mass is 10.1. The van der Waals surface area contributed by atoms with Crippen LogP contribution in [0.5, 0.6) is 0 Å². The molecule has 0 bridgehead atoms. The van der Waals surface area contributed by atoms with Gasteiger partial charge in [-0.2, -0.15) is 0 Å². The van der Waals surface area contributed by atoms with Crippen molar-refractivity contribution in [3.05, 3.63) is 59.5 Å². The van der Waals surface area contributed by atoms with Gasteiger partial charge in [0.15, 0.2) is 0 Å². The van der Waals surface area contributed by atoms with Crippen LogP contribution < -0.4 is 5.32 Å². The molecule has 0 aliphatic heterocycles. The van der Waals surface area contributed by atoms with Crippen molar-refractivity contribution in [2.24, 2.45) is 0 Å². The van der Waals surface area contributed by atoms with Gasteiger partial charge in [0.05, 0.1) is 17.9 Å². The van der Waals surface area contributed by atoms with Crippen LogP contribution in [0.4, 0.5) is 0 Å². The highest BCUT2D eigenvalue weighted by molar-refractivity contribution is 5.95. The predicted molar refractivity (Wildman–Crippen MR) is 65.8 cm³/mol. The fourth-order valence-corrected chi connectivity index (χ4v) is 1.72. The van der Waals surface area contributed by atoms with E-state index in [-0.39, 0.29) is 11.9 Å². The molecule has 1 heterocycles. The number of nitrogens with one attached hydrogen (secondary N) is 1. The van der Waals surface area contributed by atoms with Crippen molar-refractivity contribution in [3.8, 4) is 0 Å². The number of hydrogen-bond acceptors (Lipinski definition) is 2. The van der Waals surface area contributed by atoms with Crippen molar-refractivity contribution in [3.63, 3.8) is 0 Å². The topological polar surface area (TPSA) is 42.2 Å². The maximum Gasteiger partial charge on any atom is 0.255 e. The van der Waals surface area contributed by atoms with Crippen molar-refractivity contribution < 1.29 is 9.21 Å². The molecular weight excluding hydrogens is 214 g/mol. The van der Waals surface area contributed by atoms with Crippen LogP contribution in [0, 0.1) is 6.92 Å². The molecule has 17 heavy (non-hydrogen) atoms. The lowest BCUT2D eigenvalue weighted by molar-refractivity contribution is 0.0938. The van der Waals surface area contributed by atoms with Gasteiger partial charge in [0.1, 0.15) is 5.76 Å². The second kappa shape index (κ2) is 4.87. The molecule has 0 spiro atoms. The molecule has 1 aromatic carbocycles. The third-order valence-electron chi connectivity index (χ3n) is 2.75. The standard InChI is InChI=1S/C14H15NO2/c1-10(12-6-4-3-5-7-12)15-14(16)13-8-9-17-11(13)2/h3-10H,1-2H3,(H,15,16)/t10-/m0/s1. The van der Waals surface area contributed by atoms with E-state index < -0.39 is 0 Å². The number of carbonyl (C=O) groups excluding carboxylic acids is 1. The van der Waals surface area contributed by atoms with E-state index in [1.54, 1.807) is 13.0 Å². The molecule has 2 rings (SSSR count). The molecule has 1 amide bonds. The lowest BCUT2D eigenvalue weighted by Crippen LogP contribution is -2.26. The molecule has 88 valence electrons. The van der Waals surface area contributed by atoms with E-state index in [0.29, 0.717) is 11.3 Å². The zero-order chi connectivity index (χ0) is 12.3. The third kappa shape index (κ3) is 2.56. The van der Waals surface area contributed by atoms with Crippen molar-refractivity contribution in [1.29, 1.82) is 0 Å². The first-order valence-corrected chi connectivity index (χ1v) is 5.58. The summed E-state index contributed by atoms with van der Waals surface area (Å²) < 4.78 is 5.11. The Bertz CT molecular complexity index is 502. The van der Waals surface area contributed by atoms with Gasteiger partial charge in [-0.3, -0.25) is 4.79 Å². The molecule has 0 aliphatic carbocycles. The van der Waals surface area contributed by atoms with Crippen LogP contribution in [0.3, 0.4) is 0 Å². The predicted octanol–water partition coefficient (Wildman–Crippen LogP) is 3.08. The van der Waals surface area contributed by atoms with Crippen LogP contribution in [0.25, 0.3) is 0 Å². The summed E-state index contributed by atoms with van der Waals surface area (Å²) >= 11 is 0. The summed E-state index contributed by atoms with van der Waals surface area (Å²) in [5, 5.41) is 2.94. The SMILES string of the molecule is Cc1occc1C(=O)N[C@@H](C)c1ccccc1. The monoisotopic (exact) mass is 229 g/mol. The van der Waals surface area contributed by atoms with Crippen LogP contribution in [-0.4, -0.2) is 5.91 Å². The summed E-state index contributed by atoms with van der Waals surface area (Å²) in [6.07, 6.45) is 1.53. The van der Waals surface area contributed by atoms with E-state index in [9.17, 15) is 4.79 Å². The lowest BCUT2D eigenvalue weighted by Gasteiger charge is -2.13. The van der Waals surface area contributed by atoms with Gasteiger partial charge in [-0.15, -0.1) is 0 Å². The highest BCUT2D eigenvalue weighted by atomic mass is 16.3. The number of amides is 1. The number of aryl methyl sites for hydroxylation is 1. The summed E-state index contributed by atoms with van der Waals surface area (Å²) in [5.74, 6) is 0.537. The zero-order valence-electron chi connectivity index (χ0n) is 9.94. The molecule has 1 atom stereocenters. The van der Waals surface area contributed by atoms with Gasteiger partial charge >= 0.3 is 0 Å². The van der Waals surface area contributed by atoms with Crippen LogP contribution >= 0.6 is 0 Å². The van der Waals surface area contributed by atoms with Crippen molar-refractivity contribution in [2.45, 2.75) is 19.9 Å². The molecular formula is C14H15NO2. The number of benzene rings is 1. The molecule has 3 heteroatoms. The average molecular weight is 229 g/mol. The molecule has 0 fully saturated rings. The van der Waals surface area contributed by atoms with E-state index in [2.05, 4.69) is 5.32 Å². The normalized spacial score (nSPS) is 12.1. The molecule has 0 saturated carbocycles. The average Bonchev–Trinajstić information content (AvgIpc) is 2.76. The van der Waals surface area contributed by atoms with Crippen molar-refractivity contribution in [2.75, 3.05) is 0 Å². The van der Waals surface area contributed by atoms with Gasteiger partial charge in [-0.05, 0) is 25.5 Å². The third-order valence-corrected chi connectivity index (χ3v) is 2.75.